The van der Waals surface area contributed by atoms with Crippen molar-refractivity contribution in [2.45, 2.75) is 26.7 Å². The summed E-state index contributed by atoms with van der Waals surface area (Å²) >= 11 is 0. The maximum absolute atomic E-state index is 5.15. The van der Waals surface area contributed by atoms with E-state index in [4.69, 9.17) is 9.97 Å². The average Bonchev–Trinajstić information content (AvgIpc) is 3.27. The molecule has 3 nitrogen and oxygen atoms in total. The van der Waals surface area contributed by atoms with Gasteiger partial charge in [-0.2, -0.15) is 0 Å². The highest BCUT2D eigenvalue weighted by Crippen LogP contribution is 2.36. The molecule has 0 N–H and O–H groups in total. The third-order valence-electron chi connectivity index (χ3n) is 6.39. The Labute approximate surface area is 181 Å². The summed E-state index contributed by atoms with van der Waals surface area (Å²) in [6.07, 6.45) is 4.00. The second-order valence-corrected chi connectivity index (χ2v) is 8.06. The summed E-state index contributed by atoms with van der Waals surface area (Å²) in [5.74, 6) is 0. The molecule has 150 valence electrons. The monoisotopic (exact) mass is 401 g/mol. The summed E-state index contributed by atoms with van der Waals surface area (Å²) in [5, 5.41) is 4.67. The first-order chi connectivity index (χ1) is 15.3. The molecule has 0 saturated carbocycles. The van der Waals surface area contributed by atoms with E-state index in [0.29, 0.717) is 0 Å². The Morgan fingerprint density at radius 2 is 1.42 bits per heavy atom. The molecule has 6 rings (SSSR count). The van der Waals surface area contributed by atoms with Gasteiger partial charge in [0.15, 0.2) is 0 Å². The van der Waals surface area contributed by atoms with Crippen LogP contribution >= 0.6 is 0 Å². The molecule has 0 spiro atoms. The summed E-state index contributed by atoms with van der Waals surface area (Å²) in [6.45, 7) is 4.45. The van der Waals surface area contributed by atoms with Crippen molar-refractivity contribution in [1.29, 1.82) is 0 Å². The fraction of sp³-hybridized carbons (Fsp3) is 0.143. The SMILES string of the molecule is CCc1cccc(CC)c1-c1cnc2c3ccccc3c3cc4ccccc4nc3n12. The number of hydrogen-bond acceptors (Lipinski definition) is 2. The van der Waals surface area contributed by atoms with Crippen molar-refractivity contribution in [1.82, 2.24) is 14.4 Å². The van der Waals surface area contributed by atoms with Crippen LogP contribution < -0.4 is 0 Å². The molecule has 3 heterocycles. The van der Waals surface area contributed by atoms with Crippen molar-refractivity contribution in [3.63, 3.8) is 0 Å². The van der Waals surface area contributed by atoms with Crippen molar-refractivity contribution in [3.05, 3.63) is 90.1 Å². The Morgan fingerprint density at radius 1 is 0.710 bits per heavy atom. The lowest BCUT2D eigenvalue weighted by Gasteiger charge is -2.15. The lowest BCUT2D eigenvalue weighted by Crippen LogP contribution is -2.00. The van der Waals surface area contributed by atoms with Gasteiger partial charge in [0.1, 0.15) is 11.3 Å². The Hall–Kier alpha value is -3.72. The molecule has 0 unspecified atom stereocenters. The van der Waals surface area contributed by atoms with Crippen LogP contribution in [-0.4, -0.2) is 14.4 Å². The normalized spacial score (nSPS) is 11.8. The van der Waals surface area contributed by atoms with Gasteiger partial charge in [-0.3, -0.25) is 4.40 Å². The number of pyridine rings is 2. The van der Waals surface area contributed by atoms with Gasteiger partial charge in [-0.25, -0.2) is 9.97 Å². The van der Waals surface area contributed by atoms with Crippen molar-refractivity contribution >= 4 is 38.4 Å². The topological polar surface area (TPSA) is 30.2 Å². The van der Waals surface area contributed by atoms with Crippen LogP contribution in [0.25, 0.3) is 49.6 Å². The van der Waals surface area contributed by atoms with Gasteiger partial charge in [0.2, 0.25) is 0 Å². The lowest BCUT2D eigenvalue weighted by atomic mass is 9.95. The van der Waals surface area contributed by atoms with E-state index in [9.17, 15) is 0 Å². The second-order valence-electron chi connectivity index (χ2n) is 8.06. The minimum Gasteiger partial charge on any atom is -0.276 e. The van der Waals surface area contributed by atoms with Gasteiger partial charge in [0.25, 0.3) is 0 Å². The molecule has 31 heavy (non-hydrogen) atoms. The Balaban J connectivity index is 1.86. The molecule has 0 aliphatic heterocycles. The first-order valence-corrected chi connectivity index (χ1v) is 11.0. The molecule has 0 fully saturated rings. The summed E-state index contributed by atoms with van der Waals surface area (Å²) in [6, 6.07) is 25.8. The van der Waals surface area contributed by atoms with Crippen LogP contribution in [0.3, 0.4) is 0 Å². The van der Waals surface area contributed by atoms with E-state index in [2.05, 4.69) is 91.0 Å². The van der Waals surface area contributed by atoms with Crippen LogP contribution in [0.15, 0.2) is 79.0 Å². The minimum absolute atomic E-state index is 0.966. The third-order valence-corrected chi connectivity index (χ3v) is 6.39. The Morgan fingerprint density at radius 3 is 2.19 bits per heavy atom. The number of imidazole rings is 1. The fourth-order valence-electron chi connectivity index (χ4n) is 4.89. The molecular weight excluding hydrogens is 378 g/mol. The third kappa shape index (κ3) is 2.59. The number of fused-ring (bicyclic) bond motifs is 7. The predicted octanol–water partition coefficient (Wildman–Crippen LogP) is 6.98. The molecular formula is C28H23N3. The molecule has 0 saturated heterocycles. The zero-order valence-electron chi connectivity index (χ0n) is 17.8. The lowest BCUT2D eigenvalue weighted by molar-refractivity contribution is 1.08. The molecule has 3 aromatic heterocycles. The number of hydrogen-bond donors (Lipinski definition) is 0. The Kier molecular flexibility index (Phi) is 4.03. The van der Waals surface area contributed by atoms with Crippen LogP contribution in [0.4, 0.5) is 0 Å². The minimum atomic E-state index is 0.966. The van der Waals surface area contributed by atoms with Gasteiger partial charge in [0, 0.05) is 21.7 Å². The van der Waals surface area contributed by atoms with Crippen molar-refractivity contribution < 1.29 is 0 Å². The molecule has 6 aromatic rings. The molecule has 0 amide bonds. The molecule has 0 radical (unpaired) electrons. The summed E-state index contributed by atoms with van der Waals surface area (Å²) in [7, 11) is 0. The molecule has 3 heteroatoms. The highest BCUT2D eigenvalue weighted by atomic mass is 15.1. The first-order valence-electron chi connectivity index (χ1n) is 11.0. The number of aryl methyl sites for hydroxylation is 2. The zero-order chi connectivity index (χ0) is 20.9. The van der Waals surface area contributed by atoms with Crippen LogP contribution in [0.1, 0.15) is 25.0 Å². The van der Waals surface area contributed by atoms with E-state index < -0.39 is 0 Å². The predicted molar refractivity (Wildman–Crippen MR) is 130 cm³/mol. The highest BCUT2D eigenvalue weighted by molar-refractivity contribution is 6.13. The summed E-state index contributed by atoms with van der Waals surface area (Å²) in [5.41, 5.74) is 8.06. The molecule has 0 bridgehead atoms. The quantitative estimate of drug-likeness (QED) is 0.236. The molecule has 0 aliphatic rings. The molecule has 0 atom stereocenters. The number of rotatable bonds is 3. The van der Waals surface area contributed by atoms with Gasteiger partial charge in [-0.1, -0.05) is 74.5 Å². The van der Waals surface area contributed by atoms with Crippen LogP contribution in [-0.2, 0) is 12.8 Å². The van der Waals surface area contributed by atoms with Crippen molar-refractivity contribution in [2.75, 3.05) is 0 Å². The van der Waals surface area contributed by atoms with E-state index in [1.54, 1.807) is 0 Å². The van der Waals surface area contributed by atoms with Crippen molar-refractivity contribution in [3.8, 4) is 11.3 Å². The van der Waals surface area contributed by atoms with Crippen LogP contribution in [0, 0.1) is 0 Å². The van der Waals surface area contributed by atoms with Gasteiger partial charge >= 0.3 is 0 Å². The standard InChI is InChI=1S/C28H23N3/c1-3-18-11-9-12-19(4-2)26(18)25-17-29-27-22-14-7-6-13-21(22)23-16-20-10-5-8-15-24(20)30-28(23)31(25)27/h5-17H,3-4H2,1-2H3. The molecule has 3 aromatic carbocycles. The van der Waals surface area contributed by atoms with Crippen molar-refractivity contribution in [2.24, 2.45) is 0 Å². The number of benzene rings is 3. The summed E-state index contributed by atoms with van der Waals surface area (Å²) in [4.78, 5) is 10.1. The van der Waals surface area contributed by atoms with Crippen LogP contribution in [0.5, 0.6) is 0 Å². The second kappa shape index (κ2) is 6.92. The molecule has 0 aliphatic carbocycles. The largest absolute Gasteiger partial charge is 0.276 e. The highest BCUT2D eigenvalue weighted by Gasteiger charge is 2.19. The van der Waals surface area contributed by atoms with E-state index in [-0.39, 0.29) is 0 Å². The average molecular weight is 402 g/mol. The Bertz CT molecular complexity index is 1590. The first kappa shape index (κ1) is 18.1. The van der Waals surface area contributed by atoms with E-state index >= 15 is 0 Å². The maximum atomic E-state index is 5.15. The number of nitrogens with zero attached hydrogens (tertiary/aromatic N) is 3. The fourth-order valence-corrected chi connectivity index (χ4v) is 4.89. The van der Waals surface area contributed by atoms with E-state index in [1.165, 1.54) is 22.1 Å². The van der Waals surface area contributed by atoms with E-state index in [0.717, 1.165) is 51.5 Å². The van der Waals surface area contributed by atoms with Crippen LogP contribution in [0.2, 0.25) is 0 Å². The smallest absolute Gasteiger partial charge is 0.147 e. The van der Waals surface area contributed by atoms with Gasteiger partial charge in [-0.15, -0.1) is 0 Å². The zero-order valence-corrected chi connectivity index (χ0v) is 17.8. The summed E-state index contributed by atoms with van der Waals surface area (Å²) < 4.78 is 2.28. The van der Waals surface area contributed by atoms with Gasteiger partial charge in [0.05, 0.1) is 17.4 Å². The maximum Gasteiger partial charge on any atom is 0.147 e. The number of aromatic nitrogens is 3. The van der Waals surface area contributed by atoms with Gasteiger partial charge < -0.3 is 0 Å². The number of para-hydroxylation sites is 1. The van der Waals surface area contributed by atoms with E-state index in [1.807, 2.05) is 6.20 Å². The van der Waals surface area contributed by atoms with Gasteiger partial charge in [-0.05, 0) is 41.5 Å².